The summed E-state index contributed by atoms with van der Waals surface area (Å²) < 4.78 is 13.0. The fourth-order valence-corrected chi connectivity index (χ4v) is 2.78. The first kappa shape index (κ1) is 14.5. The molecule has 114 valence electrons. The van der Waals surface area contributed by atoms with Crippen molar-refractivity contribution in [1.29, 1.82) is 0 Å². The Hall–Kier alpha value is -2.41. The minimum Gasteiger partial charge on any atom is -0.493 e. The molecule has 2 heterocycles. The van der Waals surface area contributed by atoms with Crippen LogP contribution in [0, 0.1) is 18.5 Å². The monoisotopic (exact) mass is 316 g/mol. The van der Waals surface area contributed by atoms with Crippen LogP contribution in [0.3, 0.4) is 0 Å². The summed E-state index contributed by atoms with van der Waals surface area (Å²) in [5, 5.41) is 4.59. The number of methoxy groups -OCH3 is 2. The highest BCUT2D eigenvalue weighted by atomic mass is 32.1. The summed E-state index contributed by atoms with van der Waals surface area (Å²) in [6.45, 7) is 3.82. The number of rotatable bonds is 3. The molecule has 22 heavy (non-hydrogen) atoms. The van der Waals surface area contributed by atoms with Gasteiger partial charge in [-0.15, -0.1) is 5.10 Å². The summed E-state index contributed by atoms with van der Waals surface area (Å²) in [7, 11) is 3.21. The number of ether oxygens (including phenoxy) is 2. The van der Waals surface area contributed by atoms with Gasteiger partial charge in [-0.2, -0.15) is 0 Å². The second kappa shape index (κ2) is 5.42. The van der Waals surface area contributed by atoms with Crippen LogP contribution in [0.1, 0.15) is 11.5 Å². The van der Waals surface area contributed by atoms with E-state index in [4.69, 9.17) is 21.7 Å². The minimum atomic E-state index is 0.609. The number of nitrogens with zero attached hydrogens (tertiary/aromatic N) is 3. The Morgan fingerprint density at radius 3 is 2.55 bits per heavy atom. The second-order valence-corrected chi connectivity index (χ2v) is 5.29. The van der Waals surface area contributed by atoms with Gasteiger partial charge in [-0.3, -0.25) is 0 Å². The van der Waals surface area contributed by atoms with Crippen LogP contribution in [-0.4, -0.2) is 33.8 Å². The molecular formula is C15H16N4O2S. The van der Waals surface area contributed by atoms with Gasteiger partial charge in [-0.25, -0.2) is 9.50 Å². The number of aromatic nitrogens is 4. The zero-order chi connectivity index (χ0) is 15.9. The molecule has 3 rings (SSSR count). The van der Waals surface area contributed by atoms with Crippen molar-refractivity contribution < 1.29 is 9.47 Å². The Bertz CT molecular complexity index is 914. The van der Waals surface area contributed by atoms with Gasteiger partial charge in [0.05, 0.1) is 19.9 Å². The van der Waals surface area contributed by atoms with Crippen LogP contribution in [0.25, 0.3) is 16.9 Å². The summed E-state index contributed by atoms with van der Waals surface area (Å²) in [5.41, 5.74) is 2.55. The molecule has 0 saturated heterocycles. The van der Waals surface area contributed by atoms with Crippen molar-refractivity contribution in [2.75, 3.05) is 14.2 Å². The quantitative estimate of drug-likeness (QED) is 0.752. The van der Waals surface area contributed by atoms with Gasteiger partial charge in [-0.1, -0.05) is 12.2 Å². The highest BCUT2D eigenvalue weighted by molar-refractivity contribution is 7.71. The summed E-state index contributed by atoms with van der Waals surface area (Å²) in [5.74, 6) is 2.76. The molecule has 0 saturated carbocycles. The van der Waals surface area contributed by atoms with Gasteiger partial charge in [0.25, 0.3) is 0 Å². The fraction of sp³-hybridized carbons (Fsp3) is 0.267. The number of hydrogen-bond donors (Lipinski definition) is 1. The number of aromatic amines is 1. The van der Waals surface area contributed by atoms with E-state index in [1.54, 1.807) is 18.7 Å². The summed E-state index contributed by atoms with van der Waals surface area (Å²) in [6, 6.07) is 5.60. The van der Waals surface area contributed by atoms with E-state index in [-0.39, 0.29) is 0 Å². The van der Waals surface area contributed by atoms with Crippen molar-refractivity contribution in [3.05, 3.63) is 34.4 Å². The van der Waals surface area contributed by atoms with E-state index in [0.29, 0.717) is 22.0 Å². The number of imidazole rings is 1. The van der Waals surface area contributed by atoms with Crippen molar-refractivity contribution in [2.24, 2.45) is 0 Å². The molecule has 0 fully saturated rings. The molecule has 0 unspecified atom stereocenters. The molecule has 1 N–H and O–H groups in total. The number of benzene rings is 1. The van der Waals surface area contributed by atoms with Gasteiger partial charge in [0, 0.05) is 5.56 Å². The van der Waals surface area contributed by atoms with Crippen LogP contribution in [0.5, 0.6) is 11.5 Å². The molecular weight excluding hydrogens is 300 g/mol. The van der Waals surface area contributed by atoms with Crippen molar-refractivity contribution in [1.82, 2.24) is 19.6 Å². The van der Waals surface area contributed by atoms with Crippen LogP contribution >= 0.6 is 12.2 Å². The number of nitrogens with one attached hydrogen (secondary N) is 1. The lowest BCUT2D eigenvalue weighted by atomic mass is 10.2. The molecule has 0 radical (unpaired) electrons. The van der Waals surface area contributed by atoms with E-state index in [9.17, 15) is 0 Å². The summed E-state index contributed by atoms with van der Waals surface area (Å²) >= 11 is 5.44. The first-order chi connectivity index (χ1) is 10.5. The third-order valence-corrected chi connectivity index (χ3v) is 3.79. The molecule has 0 aliphatic carbocycles. The van der Waals surface area contributed by atoms with Crippen LogP contribution in [0.4, 0.5) is 0 Å². The predicted octanol–water partition coefficient (Wildman–Crippen LogP) is 3.09. The zero-order valence-corrected chi connectivity index (χ0v) is 13.6. The van der Waals surface area contributed by atoms with E-state index in [0.717, 1.165) is 22.6 Å². The molecule has 0 aliphatic rings. The van der Waals surface area contributed by atoms with Crippen LogP contribution in [-0.2, 0) is 0 Å². The zero-order valence-electron chi connectivity index (χ0n) is 12.8. The van der Waals surface area contributed by atoms with Gasteiger partial charge in [-0.05, 0) is 32.0 Å². The minimum absolute atomic E-state index is 0.609. The van der Waals surface area contributed by atoms with E-state index >= 15 is 0 Å². The highest BCUT2D eigenvalue weighted by Crippen LogP contribution is 2.31. The normalized spacial score (nSPS) is 10.9. The van der Waals surface area contributed by atoms with E-state index < -0.39 is 0 Å². The third kappa shape index (κ3) is 2.23. The molecule has 0 amide bonds. The molecule has 2 aromatic heterocycles. The summed E-state index contributed by atoms with van der Waals surface area (Å²) in [6.07, 6.45) is 0. The number of H-pyrrole nitrogens is 1. The molecule has 0 atom stereocenters. The van der Waals surface area contributed by atoms with Crippen molar-refractivity contribution in [3.63, 3.8) is 0 Å². The second-order valence-electron chi connectivity index (χ2n) is 4.88. The van der Waals surface area contributed by atoms with Gasteiger partial charge >= 0.3 is 0 Å². The first-order valence-corrected chi connectivity index (χ1v) is 7.14. The van der Waals surface area contributed by atoms with Gasteiger partial charge in [0.15, 0.2) is 17.3 Å². The van der Waals surface area contributed by atoms with Gasteiger partial charge in [0.1, 0.15) is 16.0 Å². The highest BCUT2D eigenvalue weighted by Gasteiger charge is 2.12. The standard InChI is InChI=1S/C15H16N4O2S/c1-8-13-15(22)17-14(18-19(13)9(2)16-8)10-5-6-11(20-3)12(7-10)21-4/h5-7H,1-4H3,(H,17,18,22). The maximum atomic E-state index is 5.44. The smallest absolute Gasteiger partial charge is 0.161 e. The maximum Gasteiger partial charge on any atom is 0.161 e. The van der Waals surface area contributed by atoms with E-state index in [2.05, 4.69) is 15.1 Å². The molecule has 7 heteroatoms. The largest absolute Gasteiger partial charge is 0.493 e. The van der Waals surface area contributed by atoms with Crippen LogP contribution in [0.2, 0.25) is 0 Å². The Labute approximate surface area is 132 Å². The Kier molecular flexibility index (Phi) is 3.58. The third-order valence-electron chi connectivity index (χ3n) is 3.49. The van der Waals surface area contributed by atoms with Crippen molar-refractivity contribution >= 4 is 17.7 Å². The first-order valence-electron chi connectivity index (χ1n) is 6.73. The fourth-order valence-electron chi connectivity index (χ4n) is 2.45. The lowest BCUT2D eigenvalue weighted by Gasteiger charge is -2.09. The average Bonchev–Trinajstić information content (AvgIpc) is 2.81. The van der Waals surface area contributed by atoms with Crippen molar-refractivity contribution in [3.8, 4) is 22.9 Å². The van der Waals surface area contributed by atoms with Gasteiger partial charge in [0.2, 0.25) is 0 Å². The number of fused-ring (bicyclic) bond motifs is 1. The molecule has 0 spiro atoms. The lowest BCUT2D eigenvalue weighted by molar-refractivity contribution is 0.355. The Morgan fingerprint density at radius 1 is 1.14 bits per heavy atom. The molecule has 6 nitrogen and oxygen atoms in total. The molecule has 1 aromatic carbocycles. The molecule has 0 bridgehead atoms. The average molecular weight is 316 g/mol. The molecule has 0 aliphatic heterocycles. The number of hydrogen-bond acceptors (Lipinski definition) is 5. The Morgan fingerprint density at radius 2 is 1.86 bits per heavy atom. The SMILES string of the molecule is COc1ccc(-c2nn3c(C)nc(C)c3c(=S)[nH]2)cc1OC. The predicted molar refractivity (Wildman–Crippen MR) is 86.2 cm³/mol. The summed E-state index contributed by atoms with van der Waals surface area (Å²) in [4.78, 5) is 7.57. The lowest BCUT2D eigenvalue weighted by Crippen LogP contribution is -2.01. The van der Waals surface area contributed by atoms with Crippen LogP contribution in [0.15, 0.2) is 18.2 Å². The topological polar surface area (TPSA) is 64.4 Å². The van der Waals surface area contributed by atoms with E-state index in [1.165, 1.54) is 0 Å². The molecule has 3 aromatic rings. The number of aryl methyl sites for hydroxylation is 2. The Balaban J connectivity index is 2.22. The van der Waals surface area contributed by atoms with E-state index in [1.807, 2.05) is 32.0 Å². The van der Waals surface area contributed by atoms with Crippen LogP contribution < -0.4 is 9.47 Å². The van der Waals surface area contributed by atoms with Crippen molar-refractivity contribution in [2.45, 2.75) is 13.8 Å². The van der Waals surface area contributed by atoms with Gasteiger partial charge < -0.3 is 14.5 Å². The maximum absolute atomic E-state index is 5.44.